The number of ether oxygens (including phenoxy) is 2. The zero-order chi connectivity index (χ0) is 14.8. The summed E-state index contributed by atoms with van der Waals surface area (Å²) < 4.78 is 9.66. The Morgan fingerprint density at radius 1 is 0.800 bits per heavy atom. The predicted molar refractivity (Wildman–Crippen MR) is 76.8 cm³/mol. The largest absolute Gasteiger partial charge is 0.458 e. The fourth-order valence-corrected chi connectivity index (χ4v) is 1.68. The Hall–Kier alpha value is -1.84. The molecule has 2 aliphatic heterocycles. The highest BCUT2D eigenvalue weighted by Gasteiger charge is 2.13. The zero-order valence-electron chi connectivity index (χ0n) is 12.2. The van der Waals surface area contributed by atoms with E-state index in [1.165, 1.54) is 25.7 Å². The highest BCUT2D eigenvalue weighted by molar-refractivity contribution is 5.93. The van der Waals surface area contributed by atoms with Gasteiger partial charge in [0, 0.05) is 0 Å². The number of rotatable bonds is 3. The molecule has 0 radical (unpaired) electrons. The molecule has 2 aliphatic rings. The standard InChI is InChI=1S/C10H8O4.C6H14/c11-9-7-1-2-8(4-3-7)10(12)14-6-5-13-9;1-3-5-6-4-2/h1-4H,5-6H2;3-6H2,1-2H3. The van der Waals surface area contributed by atoms with Gasteiger partial charge in [-0.15, -0.1) is 0 Å². The van der Waals surface area contributed by atoms with Crippen molar-refractivity contribution in [3.8, 4) is 0 Å². The van der Waals surface area contributed by atoms with E-state index < -0.39 is 11.9 Å². The van der Waals surface area contributed by atoms with E-state index in [2.05, 4.69) is 13.8 Å². The van der Waals surface area contributed by atoms with Crippen LogP contribution in [-0.4, -0.2) is 25.2 Å². The second kappa shape index (κ2) is 9.13. The van der Waals surface area contributed by atoms with Gasteiger partial charge in [0.05, 0.1) is 11.1 Å². The number of benzene rings is 1. The monoisotopic (exact) mass is 278 g/mol. The minimum absolute atomic E-state index is 0.100. The third-order valence-electron chi connectivity index (χ3n) is 2.86. The second-order valence-corrected chi connectivity index (χ2v) is 4.56. The Balaban J connectivity index is 0.000000286. The molecule has 0 aromatic heterocycles. The lowest BCUT2D eigenvalue weighted by atomic mass is 10.1. The van der Waals surface area contributed by atoms with Crippen molar-refractivity contribution in [2.75, 3.05) is 13.2 Å². The summed E-state index contributed by atoms with van der Waals surface area (Å²) >= 11 is 0. The number of hydrogen-bond acceptors (Lipinski definition) is 4. The molecule has 0 atom stereocenters. The van der Waals surface area contributed by atoms with Crippen LogP contribution in [0.25, 0.3) is 0 Å². The molecule has 2 bridgehead atoms. The average Bonchev–Trinajstić information content (AvgIpc) is 2.49. The van der Waals surface area contributed by atoms with Crippen molar-refractivity contribution in [3.63, 3.8) is 0 Å². The number of carbonyl (C=O) groups excluding carboxylic acids is 2. The molecule has 3 rings (SSSR count). The first kappa shape index (κ1) is 16.2. The van der Waals surface area contributed by atoms with Gasteiger partial charge in [0.15, 0.2) is 0 Å². The van der Waals surface area contributed by atoms with Crippen molar-refractivity contribution in [2.45, 2.75) is 39.5 Å². The summed E-state index contributed by atoms with van der Waals surface area (Å²) in [6, 6.07) is 6.18. The normalized spacial score (nSPS) is 13.9. The number of hydrogen-bond donors (Lipinski definition) is 0. The molecule has 0 N–H and O–H groups in total. The molecule has 0 fully saturated rings. The summed E-state index contributed by atoms with van der Waals surface area (Å²) in [5.41, 5.74) is 0.895. The van der Waals surface area contributed by atoms with Crippen LogP contribution in [0.1, 0.15) is 60.2 Å². The SMILES string of the molecule is CCCCCC.O=C1OCCOC(=O)c2ccc1cc2. The highest BCUT2D eigenvalue weighted by atomic mass is 16.6. The van der Waals surface area contributed by atoms with Gasteiger partial charge in [-0.3, -0.25) is 0 Å². The first-order valence-electron chi connectivity index (χ1n) is 7.13. The average molecular weight is 278 g/mol. The van der Waals surface area contributed by atoms with Gasteiger partial charge in [0.1, 0.15) is 13.2 Å². The van der Waals surface area contributed by atoms with Crippen molar-refractivity contribution in [1.29, 1.82) is 0 Å². The van der Waals surface area contributed by atoms with Crippen LogP contribution in [0.2, 0.25) is 0 Å². The van der Waals surface area contributed by atoms with Crippen LogP contribution in [0, 0.1) is 0 Å². The van der Waals surface area contributed by atoms with E-state index in [1.807, 2.05) is 0 Å². The van der Waals surface area contributed by atoms with Crippen LogP contribution in [0.3, 0.4) is 0 Å². The summed E-state index contributed by atoms with van der Waals surface area (Å²) in [6.45, 7) is 4.66. The minimum atomic E-state index is -0.394. The van der Waals surface area contributed by atoms with Gasteiger partial charge in [-0.1, -0.05) is 39.5 Å². The van der Waals surface area contributed by atoms with E-state index in [1.54, 1.807) is 24.3 Å². The highest BCUT2D eigenvalue weighted by Crippen LogP contribution is 2.09. The van der Waals surface area contributed by atoms with Crippen LogP contribution >= 0.6 is 0 Å². The van der Waals surface area contributed by atoms with Crippen LogP contribution in [0.5, 0.6) is 0 Å². The van der Waals surface area contributed by atoms with Crippen molar-refractivity contribution in [2.24, 2.45) is 0 Å². The molecular weight excluding hydrogens is 256 g/mol. The van der Waals surface area contributed by atoms with Crippen LogP contribution in [0.15, 0.2) is 24.3 Å². The molecule has 0 saturated carbocycles. The molecule has 4 heteroatoms. The fourth-order valence-electron chi connectivity index (χ4n) is 1.68. The second-order valence-electron chi connectivity index (χ2n) is 4.56. The van der Waals surface area contributed by atoms with Gasteiger partial charge in [-0.25, -0.2) is 9.59 Å². The quantitative estimate of drug-likeness (QED) is 0.626. The molecule has 1 aromatic carbocycles. The molecule has 0 unspecified atom stereocenters. The van der Waals surface area contributed by atoms with Gasteiger partial charge in [-0.05, 0) is 24.3 Å². The van der Waals surface area contributed by atoms with Gasteiger partial charge >= 0.3 is 11.9 Å². The third-order valence-corrected chi connectivity index (χ3v) is 2.86. The first-order chi connectivity index (χ1) is 9.69. The van der Waals surface area contributed by atoms with Crippen LogP contribution in [-0.2, 0) is 9.47 Å². The van der Waals surface area contributed by atoms with E-state index in [0.29, 0.717) is 11.1 Å². The maximum atomic E-state index is 11.3. The summed E-state index contributed by atoms with van der Waals surface area (Å²) in [5.74, 6) is -0.788. The van der Waals surface area contributed by atoms with Crippen molar-refractivity contribution < 1.29 is 19.1 Å². The molecule has 0 saturated heterocycles. The van der Waals surface area contributed by atoms with E-state index in [0.717, 1.165) is 0 Å². The summed E-state index contributed by atoms with van der Waals surface area (Å²) in [7, 11) is 0. The Morgan fingerprint density at radius 2 is 1.15 bits per heavy atom. The predicted octanol–water partition coefficient (Wildman–Crippen LogP) is 3.60. The van der Waals surface area contributed by atoms with E-state index in [-0.39, 0.29) is 13.2 Å². The number of unbranched alkanes of at least 4 members (excludes halogenated alkanes) is 3. The Bertz CT molecular complexity index is 382. The molecule has 0 spiro atoms. The Labute approximate surface area is 120 Å². The minimum Gasteiger partial charge on any atom is -0.458 e. The molecule has 4 nitrogen and oxygen atoms in total. The van der Waals surface area contributed by atoms with Crippen molar-refractivity contribution in [1.82, 2.24) is 0 Å². The Morgan fingerprint density at radius 3 is 1.45 bits per heavy atom. The number of fused-ring (bicyclic) bond motifs is 7. The third kappa shape index (κ3) is 5.43. The lowest BCUT2D eigenvalue weighted by molar-refractivity contribution is 0.0260. The maximum Gasteiger partial charge on any atom is 0.338 e. The summed E-state index contributed by atoms with van der Waals surface area (Å²) in [6.07, 6.45) is 5.54. The number of carbonyl (C=O) groups is 2. The molecule has 110 valence electrons. The van der Waals surface area contributed by atoms with Gasteiger partial charge in [0.2, 0.25) is 0 Å². The number of esters is 2. The van der Waals surface area contributed by atoms with Crippen molar-refractivity contribution >= 4 is 11.9 Å². The lowest BCUT2D eigenvalue weighted by Crippen LogP contribution is -2.16. The van der Waals surface area contributed by atoms with Crippen LogP contribution in [0.4, 0.5) is 0 Å². The molecule has 20 heavy (non-hydrogen) atoms. The van der Waals surface area contributed by atoms with Crippen LogP contribution < -0.4 is 0 Å². The zero-order valence-corrected chi connectivity index (χ0v) is 12.2. The fraction of sp³-hybridized carbons (Fsp3) is 0.500. The molecule has 0 aliphatic carbocycles. The van der Waals surface area contributed by atoms with Crippen molar-refractivity contribution in [3.05, 3.63) is 35.4 Å². The van der Waals surface area contributed by atoms with E-state index in [4.69, 9.17) is 9.47 Å². The first-order valence-corrected chi connectivity index (χ1v) is 7.13. The van der Waals surface area contributed by atoms with Gasteiger partial charge in [0.25, 0.3) is 0 Å². The van der Waals surface area contributed by atoms with E-state index in [9.17, 15) is 9.59 Å². The maximum absolute atomic E-state index is 11.3. The smallest absolute Gasteiger partial charge is 0.338 e. The van der Waals surface area contributed by atoms with Gasteiger partial charge < -0.3 is 9.47 Å². The molecule has 0 amide bonds. The molecular formula is C16H22O4. The van der Waals surface area contributed by atoms with E-state index >= 15 is 0 Å². The Kier molecular flexibility index (Phi) is 7.40. The lowest BCUT2D eigenvalue weighted by Gasteiger charge is -2.09. The van der Waals surface area contributed by atoms with Gasteiger partial charge in [-0.2, -0.15) is 0 Å². The summed E-state index contributed by atoms with van der Waals surface area (Å²) in [5, 5.41) is 0. The molecule has 2 heterocycles. The summed E-state index contributed by atoms with van der Waals surface area (Å²) in [4.78, 5) is 22.5. The topological polar surface area (TPSA) is 52.6 Å². The molecule has 1 aromatic rings.